The first-order chi connectivity index (χ1) is 11.7. The fraction of sp³-hybridized carbons (Fsp3) is 0.125. The van der Waals surface area contributed by atoms with Crippen molar-refractivity contribution < 1.29 is 0 Å². The lowest BCUT2D eigenvalue weighted by Gasteiger charge is -2.09. The maximum Gasteiger partial charge on any atom is 0.169 e. The summed E-state index contributed by atoms with van der Waals surface area (Å²) in [4.78, 5) is 8.77. The minimum atomic E-state index is 0.369. The second-order valence-corrected chi connectivity index (χ2v) is 5.48. The Labute approximate surface area is 138 Å². The van der Waals surface area contributed by atoms with Crippen molar-refractivity contribution in [2.45, 2.75) is 6.54 Å². The van der Waals surface area contributed by atoms with E-state index in [0.717, 1.165) is 22.3 Å². The number of nitrogens with zero attached hydrogens (tertiary/aromatic N) is 6. The third-order valence-corrected chi connectivity index (χ3v) is 3.73. The molecule has 4 heterocycles. The molecule has 24 heavy (non-hydrogen) atoms. The Morgan fingerprint density at radius 2 is 2.12 bits per heavy atom. The number of aromatic nitrogens is 6. The molecule has 0 fully saturated rings. The van der Waals surface area contributed by atoms with Gasteiger partial charge in [-0.1, -0.05) is 0 Å². The topological polar surface area (TPSA) is 99.0 Å². The van der Waals surface area contributed by atoms with Crippen molar-refractivity contribution in [2.75, 3.05) is 11.1 Å². The van der Waals surface area contributed by atoms with E-state index < -0.39 is 0 Å². The van der Waals surface area contributed by atoms with Crippen molar-refractivity contribution in [3.8, 4) is 11.3 Å². The number of nitrogens with two attached hydrogens (primary N) is 1. The van der Waals surface area contributed by atoms with E-state index in [1.807, 2.05) is 36.1 Å². The van der Waals surface area contributed by atoms with Crippen LogP contribution in [0.5, 0.6) is 0 Å². The van der Waals surface area contributed by atoms with Crippen molar-refractivity contribution in [3.05, 3.63) is 54.7 Å². The molecule has 4 aromatic rings. The molecule has 3 N–H and O–H groups in total. The van der Waals surface area contributed by atoms with Crippen LogP contribution in [0.2, 0.25) is 0 Å². The van der Waals surface area contributed by atoms with Gasteiger partial charge in [-0.15, -0.1) is 0 Å². The summed E-state index contributed by atoms with van der Waals surface area (Å²) in [6.07, 6.45) is 8.98. The van der Waals surface area contributed by atoms with Gasteiger partial charge in [0.15, 0.2) is 11.6 Å². The molecule has 0 aliphatic rings. The van der Waals surface area contributed by atoms with E-state index in [9.17, 15) is 0 Å². The predicted octanol–water partition coefficient (Wildman–Crippen LogP) is 1.72. The van der Waals surface area contributed by atoms with E-state index in [1.54, 1.807) is 23.3 Å². The largest absolute Gasteiger partial charge is 0.381 e. The maximum atomic E-state index is 5.94. The third kappa shape index (κ3) is 2.65. The molecule has 0 atom stereocenters. The number of rotatable bonds is 4. The molecule has 0 saturated carbocycles. The Kier molecular flexibility index (Phi) is 3.34. The molecule has 0 saturated heterocycles. The van der Waals surface area contributed by atoms with E-state index in [2.05, 4.69) is 31.5 Å². The number of hydrogen-bond donors (Lipinski definition) is 2. The van der Waals surface area contributed by atoms with E-state index in [0.29, 0.717) is 18.2 Å². The number of fused-ring (bicyclic) bond motifs is 1. The molecule has 0 aliphatic carbocycles. The average molecular weight is 320 g/mol. The molecule has 0 spiro atoms. The van der Waals surface area contributed by atoms with E-state index in [4.69, 9.17) is 5.73 Å². The first-order valence-electron chi connectivity index (χ1n) is 7.47. The standard InChI is InChI=1S/C16H16N8/c1-23-10-12(8-21-23)14-9-18-15(17)16(22-14)19-7-11-3-5-24-13(6-11)2-4-20-24/h2-6,8-10H,7H2,1H3,(H2,17,18)(H,19,22). The highest BCUT2D eigenvalue weighted by Gasteiger charge is 2.08. The molecule has 4 rings (SSSR count). The van der Waals surface area contributed by atoms with Gasteiger partial charge in [0, 0.05) is 37.7 Å². The minimum absolute atomic E-state index is 0.369. The van der Waals surface area contributed by atoms with Crippen LogP contribution in [0.4, 0.5) is 11.6 Å². The summed E-state index contributed by atoms with van der Waals surface area (Å²) >= 11 is 0. The smallest absolute Gasteiger partial charge is 0.169 e. The molecular formula is C16H16N8. The molecular weight excluding hydrogens is 304 g/mol. The summed E-state index contributed by atoms with van der Waals surface area (Å²) in [5, 5.41) is 11.6. The molecule has 0 bridgehead atoms. The van der Waals surface area contributed by atoms with Gasteiger partial charge in [0.25, 0.3) is 0 Å². The molecule has 8 heteroatoms. The van der Waals surface area contributed by atoms with Crippen molar-refractivity contribution >= 4 is 17.2 Å². The molecule has 120 valence electrons. The van der Waals surface area contributed by atoms with Crippen LogP contribution >= 0.6 is 0 Å². The van der Waals surface area contributed by atoms with Crippen molar-refractivity contribution in [1.29, 1.82) is 0 Å². The molecule has 0 aliphatic heterocycles. The number of nitrogens with one attached hydrogen (secondary N) is 1. The number of aryl methyl sites for hydroxylation is 1. The van der Waals surface area contributed by atoms with E-state index >= 15 is 0 Å². The lowest BCUT2D eigenvalue weighted by atomic mass is 10.2. The summed E-state index contributed by atoms with van der Waals surface area (Å²) in [6.45, 7) is 0.594. The van der Waals surface area contributed by atoms with Gasteiger partial charge in [-0.2, -0.15) is 10.2 Å². The molecule has 0 amide bonds. The first kappa shape index (κ1) is 14.2. The lowest BCUT2D eigenvalue weighted by molar-refractivity contribution is 0.768. The van der Waals surface area contributed by atoms with Crippen LogP contribution in [0, 0.1) is 0 Å². The number of nitrogen functional groups attached to an aromatic ring is 1. The van der Waals surface area contributed by atoms with Gasteiger partial charge in [-0.3, -0.25) is 4.68 Å². The van der Waals surface area contributed by atoms with E-state index in [-0.39, 0.29) is 0 Å². The van der Waals surface area contributed by atoms with Crippen LogP contribution in [0.25, 0.3) is 16.8 Å². The highest BCUT2D eigenvalue weighted by atomic mass is 15.2. The minimum Gasteiger partial charge on any atom is -0.381 e. The highest BCUT2D eigenvalue weighted by molar-refractivity contribution is 5.64. The fourth-order valence-electron chi connectivity index (χ4n) is 2.48. The summed E-state index contributed by atoms with van der Waals surface area (Å²) in [5.74, 6) is 0.929. The van der Waals surface area contributed by atoms with Gasteiger partial charge in [0.1, 0.15) is 0 Å². The molecule has 8 nitrogen and oxygen atoms in total. The van der Waals surface area contributed by atoms with Gasteiger partial charge < -0.3 is 11.1 Å². The van der Waals surface area contributed by atoms with Crippen molar-refractivity contribution in [2.24, 2.45) is 7.05 Å². The van der Waals surface area contributed by atoms with Gasteiger partial charge in [-0.25, -0.2) is 14.5 Å². The van der Waals surface area contributed by atoms with Crippen LogP contribution in [0.15, 0.2) is 49.2 Å². The Hall–Kier alpha value is -3.42. The summed E-state index contributed by atoms with van der Waals surface area (Å²) in [5.41, 5.74) is 9.71. The third-order valence-electron chi connectivity index (χ3n) is 3.73. The quantitative estimate of drug-likeness (QED) is 0.594. The van der Waals surface area contributed by atoms with Crippen LogP contribution < -0.4 is 11.1 Å². The molecule has 4 aromatic heterocycles. The predicted molar refractivity (Wildman–Crippen MR) is 91.2 cm³/mol. The van der Waals surface area contributed by atoms with Gasteiger partial charge in [-0.05, 0) is 23.8 Å². The zero-order valence-electron chi connectivity index (χ0n) is 13.1. The van der Waals surface area contributed by atoms with Crippen LogP contribution in [-0.2, 0) is 13.6 Å². The number of anilines is 2. The normalized spacial score (nSPS) is 11.0. The van der Waals surface area contributed by atoms with Gasteiger partial charge >= 0.3 is 0 Å². The Morgan fingerprint density at radius 3 is 2.96 bits per heavy atom. The van der Waals surface area contributed by atoms with Crippen LogP contribution in [0.3, 0.4) is 0 Å². The molecule has 0 radical (unpaired) electrons. The summed E-state index contributed by atoms with van der Waals surface area (Å²) in [6, 6.07) is 6.02. The SMILES string of the molecule is Cn1cc(-c2cnc(N)c(NCc3ccn4nccc4c3)n2)cn1. The first-order valence-corrected chi connectivity index (χ1v) is 7.47. The Bertz CT molecular complexity index is 1000. The summed E-state index contributed by atoms with van der Waals surface area (Å²) < 4.78 is 3.54. The van der Waals surface area contributed by atoms with Gasteiger partial charge in [0.05, 0.1) is 23.6 Å². The van der Waals surface area contributed by atoms with Crippen molar-refractivity contribution in [1.82, 2.24) is 29.4 Å². The molecule has 0 aromatic carbocycles. The lowest BCUT2D eigenvalue weighted by Crippen LogP contribution is -2.07. The Morgan fingerprint density at radius 1 is 1.21 bits per heavy atom. The second-order valence-electron chi connectivity index (χ2n) is 5.48. The number of pyridine rings is 1. The number of hydrogen-bond acceptors (Lipinski definition) is 6. The molecule has 0 unspecified atom stereocenters. The van der Waals surface area contributed by atoms with Crippen LogP contribution in [0.1, 0.15) is 5.56 Å². The zero-order chi connectivity index (χ0) is 16.5. The average Bonchev–Trinajstić information content (AvgIpc) is 3.22. The Balaban J connectivity index is 1.57. The van der Waals surface area contributed by atoms with Gasteiger partial charge in [0.2, 0.25) is 0 Å². The fourth-order valence-corrected chi connectivity index (χ4v) is 2.48. The second kappa shape index (κ2) is 5.65. The summed E-state index contributed by atoms with van der Waals surface area (Å²) in [7, 11) is 1.86. The van der Waals surface area contributed by atoms with Crippen molar-refractivity contribution in [3.63, 3.8) is 0 Å². The monoisotopic (exact) mass is 320 g/mol. The highest BCUT2D eigenvalue weighted by Crippen LogP contribution is 2.21. The van der Waals surface area contributed by atoms with E-state index in [1.165, 1.54) is 0 Å². The maximum absolute atomic E-state index is 5.94. The zero-order valence-corrected chi connectivity index (χ0v) is 13.1. The van der Waals surface area contributed by atoms with Crippen LogP contribution in [-0.4, -0.2) is 29.4 Å².